The lowest BCUT2D eigenvalue weighted by Crippen LogP contribution is -2.14. The summed E-state index contributed by atoms with van der Waals surface area (Å²) in [5, 5.41) is 0. The van der Waals surface area contributed by atoms with Gasteiger partial charge >= 0.3 is 0 Å². The van der Waals surface area contributed by atoms with Gasteiger partial charge in [-0.2, -0.15) is 0 Å². The minimum absolute atomic E-state index is 0.236. The number of ketones is 1. The summed E-state index contributed by atoms with van der Waals surface area (Å²) >= 11 is 0. The topological polar surface area (TPSA) is 73.3 Å². The molecule has 0 spiro atoms. The van der Waals surface area contributed by atoms with Crippen LogP contribution in [0.4, 0.5) is 0 Å². The highest BCUT2D eigenvalue weighted by Crippen LogP contribution is 2.11. The zero-order valence-corrected chi connectivity index (χ0v) is 9.24. The second-order valence-electron chi connectivity index (χ2n) is 3.11. The van der Waals surface area contributed by atoms with E-state index in [0.29, 0.717) is 5.75 Å². The number of hydrogen-bond donors (Lipinski definition) is 0. The number of ether oxygens (including phenoxy) is 1. The summed E-state index contributed by atoms with van der Waals surface area (Å²) in [5.41, 5.74) is 0.236. The highest BCUT2D eigenvalue weighted by atomic mass is 32.2. The van der Waals surface area contributed by atoms with Crippen LogP contribution in [0.5, 0.6) is 5.75 Å². The lowest BCUT2D eigenvalue weighted by molar-refractivity contribution is 0.102. The van der Waals surface area contributed by atoms with Crippen molar-refractivity contribution >= 4 is 15.6 Å². The molecule has 0 aliphatic rings. The van der Waals surface area contributed by atoms with Gasteiger partial charge in [-0.15, -0.1) is 0 Å². The van der Waals surface area contributed by atoms with Crippen LogP contribution in [-0.4, -0.2) is 38.3 Å². The number of carbonyl (C=O) groups excluding carboxylic acids is 1. The molecule has 0 aromatic carbocycles. The van der Waals surface area contributed by atoms with Crippen LogP contribution < -0.4 is 4.74 Å². The summed E-state index contributed by atoms with van der Waals surface area (Å²) in [6.07, 6.45) is 3.77. The van der Waals surface area contributed by atoms with Crippen LogP contribution in [-0.2, 0) is 9.84 Å². The Morgan fingerprint density at radius 1 is 1.47 bits per heavy atom. The van der Waals surface area contributed by atoms with E-state index in [9.17, 15) is 13.2 Å². The summed E-state index contributed by atoms with van der Waals surface area (Å²) in [5.74, 6) is -0.569. The quantitative estimate of drug-likeness (QED) is 0.695. The third-order valence-electron chi connectivity index (χ3n) is 1.66. The van der Waals surface area contributed by atoms with E-state index in [0.717, 1.165) is 6.26 Å². The molecule has 0 aliphatic carbocycles. The summed E-state index contributed by atoms with van der Waals surface area (Å²) < 4.78 is 26.7. The smallest absolute Gasteiger partial charge is 0.179 e. The highest BCUT2D eigenvalue weighted by molar-refractivity contribution is 7.91. The molecule has 0 saturated heterocycles. The average molecular weight is 229 g/mol. The average Bonchev–Trinajstić information content (AvgIpc) is 2.15. The molecule has 0 unspecified atom stereocenters. The number of pyridine rings is 1. The van der Waals surface area contributed by atoms with Gasteiger partial charge in [-0.05, 0) is 6.07 Å². The first-order valence-electron chi connectivity index (χ1n) is 4.12. The number of nitrogens with zero attached hydrogens (tertiary/aromatic N) is 1. The SMILES string of the molecule is COc1cncc(C(=O)CS(C)(=O)=O)c1. The van der Waals surface area contributed by atoms with Crippen LogP contribution in [0.2, 0.25) is 0 Å². The fourth-order valence-electron chi connectivity index (χ4n) is 1.00. The number of Topliss-reactive ketones (excluding diaryl/α,β-unsaturated/α-hetero) is 1. The Balaban J connectivity index is 2.92. The number of methoxy groups -OCH3 is 1. The predicted octanol–water partition coefficient (Wildman–Crippen LogP) is 0.317. The molecule has 1 rings (SSSR count). The Labute approximate surface area is 88.0 Å². The third-order valence-corrected chi connectivity index (χ3v) is 2.45. The van der Waals surface area contributed by atoms with E-state index >= 15 is 0 Å². The van der Waals surface area contributed by atoms with Gasteiger partial charge in [-0.1, -0.05) is 0 Å². The first-order valence-corrected chi connectivity index (χ1v) is 6.18. The van der Waals surface area contributed by atoms with Gasteiger partial charge in [-0.3, -0.25) is 9.78 Å². The fraction of sp³-hybridized carbons (Fsp3) is 0.333. The molecule has 0 amide bonds. The van der Waals surface area contributed by atoms with Crippen LogP contribution in [0.3, 0.4) is 0 Å². The summed E-state index contributed by atoms with van der Waals surface area (Å²) in [7, 11) is -1.86. The molecule has 1 aromatic heterocycles. The van der Waals surface area contributed by atoms with Crippen LogP contribution in [0.25, 0.3) is 0 Å². The molecule has 0 aliphatic heterocycles. The molecular formula is C9H11NO4S. The van der Waals surface area contributed by atoms with Gasteiger partial charge < -0.3 is 4.74 Å². The maximum atomic E-state index is 11.5. The minimum atomic E-state index is -3.31. The Bertz CT molecular complexity index is 467. The Morgan fingerprint density at radius 3 is 2.67 bits per heavy atom. The van der Waals surface area contributed by atoms with Gasteiger partial charge in [0.2, 0.25) is 0 Å². The van der Waals surface area contributed by atoms with Crippen molar-refractivity contribution in [1.29, 1.82) is 0 Å². The van der Waals surface area contributed by atoms with Gasteiger partial charge in [-0.25, -0.2) is 8.42 Å². The number of rotatable bonds is 4. The van der Waals surface area contributed by atoms with E-state index < -0.39 is 21.4 Å². The number of sulfone groups is 1. The molecule has 1 aromatic rings. The van der Waals surface area contributed by atoms with Crippen LogP contribution in [0, 0.1) is 0 Å². The molecule has 6 heteroatoms. The largest absolute Gasteiger partial charge is 0.495 e. The van der Waals surface area contributed by atoms with Crippen molar-refractivity contribution in [3.8, 4) is 5.75 Å². The lowest BCUT2D eigenvalue weighted by atomic mass is 10.2. The van der Waals surface area contributed by atoms with Gasteiger partial charge in [0.1, 0.15) is 11.5 Å². The molecule has 0 radical (unpaired) electrons. The van der Waals surface area contributed by atoms with E-state index in [1.165, 1.54) is 25.6 Å². The van der Waals surface area contributed by atoms with Gasteiger partial charge in [0.25, 0.3) is 0 Å². The molecule has 15 heavy (non-hydrogen) atoms. The zero-order chi connectivity index (χ0) is 11.5. The third kappa shape index (κ3) is 3.67. The van der Waals surface area contributed by atoms with Crippen molar-refractivity contribution in [3.05, 3.63) is 24.0 Å². The minimum Gasteiger partial charge on any atom is -0.495 e. The monoisotopic (exact) mass is 229 g/mol. The highest BCUT2D eigenvalue weighted by Gasteiger charge is 2.13. The van der Waals surface area contributed by atoms with E-state index in [1.807, 2.05) is 0 Å². The molecular weight excluding hydrogens is 218 g/mol. The van der Waals surface area contributed by atoms with Gasteiger partial charge in [0.05, 0.1) is 13.3 Å². The van der Waals surface area contributed by atoms with Crippen LogP contribution in [0.15, 0.2) is 18.5 Å². The number of aromatic nitrogens is 1. The fourth-order valence-corrected chi connectivity index (χ4v) is 1.65. The molecule has 0 saturated carbocycles. The van der Waals surface area contributed by atoms with Crippen molar-refractivity contribution in [2.75, 3.05) is 19.1 Å². The second kappa shape index (κ2) is 4.39. The van der Waals surface area contributed by atoms with Crippen LogP contribution in [0.1, 0.15) is 10.4 Å². The van der Waals surface area contributed by atoms with Crippen molar-refractivity contribution in [1.82, 2.24) is 4.98 Å². The number of carbonyl (C=O) groups is 1. The Kier molecular flexibility index (Phi) is 3.41. The molecule has 0 fully saturated rings. The van der Waals surface area contributed by atoms with E-state index in [1.54, 1.807) is 0 Å². The Morgan fingerprint density at radius 2 is 2.13 bits per heavy atom. The predicted molar refractivity (Wildman–Crippen MR) is 54.8 cm³/mol. The normalized spacial score (nSPS) is 11.1. The standard InChI is InChI=1S/C9H11NO4S/c1-14-8-3-7(4-10-5-8)9(11)6-15(2,12)13/h3-5H,6H2,1-2H3. The Hall–Kier alpha value is -1.43. The van der Waals surface area contributed by atoms with Gasteiger partial charge in [0.15, 0.2) is 15.6 Å². The summed E-state index contributed by atoms with van der Waals surface area (Å²) in [6, 6.07) is 1.46. The molecule has 82 valence electrons. The second-order valence-corrected chi connectivity index (χ2v) is 5.25. The van der Waals surface area contributed by atoms with E-state index in [-0.39, 0.29) is 5.56 Å². The van der Waals surface area contributed by atoms with E-state index in [2.05, 4.69) is 4.98 Å². The lowest BCUT2D eigenvalue weighted by Gasteiger charge is -2.02. The maximum Gasteiger partial charge on any atom is 0.179 e. The van der Waals surface area contributed by atoms with E-state index in [4.69, 9.17) is 4.74 Å². The van der Waals surface area contributed by atoms with Gasteiger partial charge in [0, 0.05) is 18.0 Å². The van der Waals surface area contributed by atoms with Crippen LogP contribution >= 0.6 is 0 Å². The molecule has 0 atom stereocenters. The first kappa shape index (κ1) is 11.6. The summed E-state index contributed by atoms with van der Waals surface area (Å²) in [4.78, 5) is 15.2. The maximum absolute atomic E-state index is 11.5. The summed E-state index contributed by atoms with van der Waals surface area (Å²) in [6.45, 7) is 0. The number of hydrogen-bond acceptors (Lipinski definition) is 5. The van der Waals surface area contributed by atoms with Crippen molar-refractivity contribution in [3.63, 3.8) is 0 Å². The van der Waals surface area contributed by atoms with Crippen molar-refractivity contribution in [2.45, 2.75) is 0 Å². The molecule has 1 heterocycles. The van der Waals surface area contributed by atoms with Crippen molar-refractivity contribution < 1.29 is 17.9 Å². The molecule has 0 N–H and O–H groups in total. The molecule has 0 bridgehead atoms. The van der Waals surface area contributed by atoms with Crippen molar-refractivity contribution in [2.24, 2.45) is 0 Å². The molecule has 5 nitrogen and oxygen atoms in total. The first-order chi connectivity index (χ1) is 6.92. The zero-order valence-electron chi connectivity index (χ0n) is 8.43.